The van der Waals surface area contributed by atoms with E-state index in [4.69, 9.17) is 14.2 Å². The van der Waals surface area contributed by atoms with E-state index in [1.807, 2.05) is 0 Å². The second-order valence-electron chi connectivity index (χ2n) is 22.7. The van der Waals surface area contributed by atoms with Crippen LogP contribution in [0.4, 0.5) is 0 Å². The predicted octanol–water partition coefficient (Wildman–Crippen LogP) is 23.4. The van der Waals surface area contributed by atoms with Gasteiger partial charge in [0.05, 0.1) is 0 Å². The summed E-state index contributed by atoms with van der Waals surface area (Å²) in [7, 11) is 0. The minimum atomic E-state index is -0.789. The van der Waals surface area contributed by atoms with Gasteiger partial charge in [0.1, 0.15) is 13.2 Å². The van der Waals surface area contributed by atoms with Crippen LogP contribution in [0.5, 0.6) is 0 Å². The second-order valence-corrected chi connectivity index (χ2v) is 22.7. The number of carbonyl (C=O) groups excluding carboxylic acids is 3. The van der Waals surface area contributed by atoms with Crippen LogP contribution < -0.4 is 0 Å². The maximum Gasteiger partial charge on any atom is 0.306 e. The second kappa shape index (κ2) is 67.1. The van der Waals surface area contributed by atoms with Crippen LogP contribution in [0.2, 0.25) is 0 Å². The van der Waals surface area contributed by atoms with Crippen LogP contribution in [0.1, 0.15) is 342 Å². The molecule has 0 amide bonds. The normalized spacial score (nSPS) is 12.6. The van der Waals surface area contributed by atoms with Crippen LogP contribution in [0.3, 0.4) is 0 Å². The zero-order valence-electron chi connectivity index (χ0n) is 52.4. The highest BCUT2D eigenvalue weighted by molar-refractivity contribution is 5.71. The first kappa shape index (κ1) is 75.6. The van der Waals surface area contributed by atoms with Crippen molar-refractivity contribution in [2.45, 2.75) is 348 Å². The molecular weight excluding hydrogens is 973 g/mol. The van der Waals surface area contributed by atoms with Crippen molar-refractivity contribution in [3.63, 3.8) is 0 Å². The third kappa shape index (κ3) is 65.3. The summed E-state index contributed by atoms with van der Waals surface area (Å²) in [4.78, 5) is 38.4. The molecule has 6 nitrogen and oxygen atoms in total. The minimum Gasteiger partial charge on any atom is -0.462 e. The molecule has 0 aromatic heterocycles. The van der Waals surface area contributed by atoms with Crippen molar-refractivity contribution in [2.75, 3.05) is 13.2 Å². The van der Waals surface area contributed by atoms with Crippen LogP contribution in [0.15, 0.2) is 85.1 Å². The number of rotatable bonds is 62. The highest BCUT2D eigenvalue weighted by Crippen LogP contribution is 2.16. The van der Waals surface area contributed by atoms with Gasteiger partial charge in [-0.15, -0.1) is 0 Å². The van der Waals surface area contributed by atoms with Gasteiger partial charge in [-0.3, -0.25) is 14.4 Å². The number of esters is 3. The lowest BCUT2D eigenvalue weighted by Crippen LogP contribution is -2.30. The first-order valence-corrected chi connectivity index (χ1v) is 34.1. The SMILES string of the molecule is CCCCC/C=C\C/C=C\C/C=C\CCCCCCCCC(=O)OC(COC(=O)CCCCCCCCC/C=C\C/C=C\CCCCC)COC(=O)CCCCCCCCCCCCCCC/C=C\C/C=C\CCCCCCC. The summed E-state index contributed by atoms with van der Waals surface area (Å²) in [6.45, 7) is 6.60. The van der Waals surface area contributed by atoms with E-state index in [1.54, 1.807) is 0 Å². The molecule has 79 heavy (non-hydrogen) atoms. The molecule has 1 atom stereocenters. The van der Waals surface area contributed by atoms with Crippen LogP contribution in [0, 0.1) is 0 Å². The van der Waals surface area contributed by atoms with Gasteiger partial charge < -0.3 is 14.2 Å². The molecule has 0 aliphatic heterocycles. The quantitative estimate of drug-likeness (QED) is 0.0261. The van der Waals surface area contributed by atoms with Crippen LogP contribution in [0.25, 0.3) is 0 Å². The maximum absolute atomic E-state index is 12.9. The van der Waals surface area contributed by atoms with Gasteiger partial charge in [-0.2, -0.15) is 0 Å². The standard InChI is InChI=1S/C73H128O6/c1-4-7-10-13-16-19-22-25-28-31-33-34-35-36-37-38-40-42-45-48-51-54-57-60-63-66-72(75)78-69-70(68-77-71(74)65-62-59-56-53-50-47-44-41-30-27-24-21-18-15-12-9-6-3)79-73(76)67-64-61-58-55-52-49-46-43-39-32-29-26-23-20-17-14-11-8-5-2/h17-18,20-22,25-27,29-31,33,39,43,70H,4-16,19,23-24,28,32,34-38,40-42,44-69H2,1-3H3/b20-17-,21-18-,25-22-,29-26-,30-27-,33-31-,43-39-. The molecule has 0 saturated heterocycles. The smallest absolute Gasteiger partial charge is 0.306 e. The van der Waals surface area contributed by atoms with Crippen LogP contribution in [-0.4, -0.2) is 37.2 Å². The molecule has 0 radical (unpaired) electrons. The van der Waals surface area contributed by atoms with Gasteiger partial charge in [-0.1, -0.05) is 286 Å². The Morgan fingerprint density at radius 2 is 0.456 bits per heavy atom. The molecule has 0 aromatic rings. The Hall–Kier alpha value is -3.41. The van der Waals surface area contributed by atoms with E-state index in [9.17, 15) is 14.4 Å². The number of hydrogen-bond donors (Lipinski definition) is 0. The maximum atomic E-state index is 12.9. The lowest BCUT2D eigenvalue weighted by Gasteiger charge is -2.18. The van der Waals surface area contributed by atoms with Crippen molar-refractivity contribution in [3.8, 4) is 0 Å². The van der Waals surface area contributed by atoms with E-state index in [-0.39, 0.29) is 31.1 Å². The molecule has 6 heteroatoms. The highest BCUT2D eigenvalue weighted by Gasteiger charge is 2.19. The molecule has 456 valence electrons. The molecule has 0 heterocycles. The fourth-order valence-corrected chi connectivity index (χ4v) is 9.69. The summed E-state index contributed by atoms with van der Waals surface area (Å²) in [5, 5.41) is 0. The molecule has 0 rings (SSSR count). The van der Waals surface area contributed by atoms with Gasteiger partial charge >= 0.3 is 17.9 Å². The van der Waals surface area contributed by atoms with Gasteiger partial charge in [0.2, 0.25) is 0 Å². The Kier molecular flexibility index (Phi) is 64.2. The van der Waals surface area contributed by atoms with Gasteiger partial charge in [0.15, 0.2) is 6.10 Å². The molecular formula is C73H128O6. The first-order valence-electron chi connectivity index (χ1n) is 34.1. The first-order chi connectivity index (χ1) is 39.0. The molecule has 0 aliphatic rings. The van der Waals surface area contributed by atoms with Crippen LogP contribution >= 0.6 is 0 Å². The summed E-state index contributed by atoms with van der Waals surface area (Å²) in [6.07, 6.45) is 88.7. The molecule has 0 spiro atoms. The third-order valence-electron chi connectivity index (χ3n) is 14.8. The largest absolute Gasteiger partial charge is 0.462 e. The fraction of sp³-hybridized carbons (Fsp3) is 0.767. The van der Waals surface area contributed by atoms with E-state index in [1.165, 1.54) is 199 Å². The van der Waals surface area contributed by atoms with Crippen LogP contribution in [-0.2, 0) is 28.6 Å². The molecule has 0 aromatic carbocycles. The Bertz CT molecular complexity index is 1500. The summed E-state index contributed by atoms with van der Waals surface area (Å²) >= 11 is 0. The van der Waals surface area contributed by atoms with Crippen molar-refractivity contribution in [1.29, 1.82) is 0 Å². The lowest BCUT2D eigenvalue weighted by molar-refractivity contribution is -0.167. The van der Waals surface area contributed by atoms with Crippen molar-refractivity contribution < 1.29 is 28.6 Å². The van der Waals surface area contributed by atoms with Crippen molar-refractivity contribution in [1.82, 2.24) is 0 Å². The number of ether oxygens (including phenoxy) is 3. The Morgan fingerprint density at radius 1 is 0.253 bits per heavy atom. The van der Waals surface area contributed by atoms with E-state index < -0.39 is 6.10 Å². The Morgan fingerprint density at radius 3 is 0.734 bits per heavy atom. The average molecular weight is 1100 g/mol. The van der Waals surface area contributed by atoms with Crippen molar-refractivity contribution in [2.24, 2.45) is 0 Å². The molecule has 0 bridgehead atoms. The molecule has 1 unspecified atom stereocenters. The number of unbranched alkanes of at least 4 members (excludes halogenated alkanes) is 37. The molecule has 0 saturated carbocycles. The van der Waals surface area contributed by atoms with E-state index in [0.717, 1.165) is 103 Å². The predicted molar refractivity (Wildman–Crippen MR) is 344 cm³/mol. The summed E-state index contributed by atoms with van der Waals surface area (Å²) in [5.41, 5.74) is 0. The zero-order chi connectivity index (χ0) is 57.1. The minimum absolute atomic E-state index is 0.0835. The zero-order valence-corrected chi connectivity index (χ0v) is 52.4. The average Bonchev–Trinajstić information content (AvgIpc) is 3.45. The number of hydrogen-bond acceptors (Lipinski definition) is 6. The van der Waals surface area contributed by atoms with E-state index >= 15 is 0 Å². The number of allylic oxidation sites excluding steroid dienone is 14. The number of carbonyl (C=O) groups is 3. The Labute approximate surface area is 490 Å². The lowest BCUT2D eigenvalue weighted by atomic mass is 10.0. The molecule has 0 fully saturated rings. The molecule has 0 N–H and O–H groups in total. The Balaban J connectivity index is 4.36. The fourth-order valence-electron chi connectivity index (χ4n) is 9.69. The third-order valence-corrected chi connectivity index (χ3v) is 14.8. The van der Waals surface area contributed by atoms with Gasteiger partial charge in [-0.25, -0.2) is 0 Å². The highest BCUT2D eigenvalue weighted by atomic mass is 16.6. The summed E-state index contributed by atoms with van der Waals surface area (Å²) < 4.78 is 17.0. The monoisotopic (exact) mass is 1100 g/mol. The van der Waals surface area contributed by atoms with Gasteiger partial charge in [0.25, 0.3) is 0 Å². The summed E-state index contributed by atoms with van der Waals surface area (Å²) in [5.74, 6) is -0.890. The van der Waals surface area contributed by atoms with E-state index in [0.29, 0.717) is 19.3 Å². The topological polar surface area (TPSA) is 78.9 Å². The van der Waals surface area contributed by atoms with Crippen molar-refractivity contribution in [3.05, 3.63) is 85.1 Å². The van der Waals surface area contributed by atoms with Crippen molar-refractivity contribution >= 4 is 17.9 Å². The van der Waals surface area contributed by atoms with Gasteiger partial charge in [-0.05, 0) is 122 Å². The van der Waals surface area contributed by atoms with Gasteiger partial charge in [0, 0.05) is 19.3 Å². The molecule has 0 aliphatic carbocycles. The summed E-state index contributed by atoms with van der Waals surface area (Å²) in [6, 6.07) is 0. The van der Waals surface area contributed by atoms with E-state index in [2.05, 4.69) is 106 Å².